The summed E-state index contributed by atoms with van der Waals surface area (Å²) >= 11 is 3.23. The molecule has 0 amide bonds. The highest BCUT2D eigenvalue weighted by atomic mass is 79.9. The summed E-state index contributed by atoms with van der Waals surface area (Å²) in [6, 6.07) is 3.73. The van der Waals surface area contributed by atoms with Gasteiger partial charge in [0.1, 0.15) is 0 Å². The van der Waals surface area contributed by atoms with E-state index in [2.05, 4.69) is 21.2 Å². The van der Waals surface area contributed by atoms with Crippen LogP contribution in [0.3, 0.4) is 0 Å². The van der Waals surface area contributed by atoms with E-state index in [9.17, 15) is 13.2 Å². The molecule has 1 aromatic carbocycles. The predicted molar refractivity (Wildman–Crippen MR) is 62.5 cm³/mol. The average Bonchev–Trinajstić information content (AvgIpc) is 2.19. The van der Waals surface area contributed by atoms with Crippen molar-refractivity contribution in [2.24, 2.45) is 0 Å². The summed E-state index contributed by atoms with van der Waals surface area (Å²) in [6.07, 6.45) is -3.45. The summed E-state index contributed by atoms with van der Waals surface area (Å²) in [6.45, 7) is 3.89. The van der Waals surface area contributed by atoms with Crippen LogP contribution in [0.2, 0.25) is 0 Å². The maximum Gasteiger partial charge on any atom is 0.416 e. The Balaban J connectivity index is 3.00. The molecule has 0 aliphatic carbocycles. The summed E-state index contributed by atoms with van der Waals surface area (Å²) in [7, 11) is 0. The van der Waals surface area contributed by atoms with Gasteiger partial charge in [-0.25, -0.2) is 0 Å². The fourth-order valence-corrected chi connectivity index (χ4v) is 1.54. The van der Waals surface area contributed by atoms with Crippen LogP contribution in [-0.4, -0.2) is 6.04 Å². The minimum atomic E-state index is -4.30. The molecule has 1 unspecified atom stereocenters. The Kier molecular flexibility index (Phi) is 4.24. The van der Waals surface area contributed by atoms with Crippen LogP contribution in [0.1, 0.15) is 25.8 Å². The van der Waals surface area contributed by atoms with Crippen molar-refractivity contribution in [1.82, 2.24) is 0 Å². The lowest BCUT2D eigenvalue weighted by Crippen LogP contribution is -2.15. The van der Waals surface area contributed by atoms with Crippen LogP contribution in [-0.2, 0) is 6.18 Å². The lowest BCUT2D eigenvalue weighted by Gasteiger charge is -2.16. The number of hydrogen-bond acceptors (Lipinski definition) is 1. The molecule has 0 aromatic heterocycles. The second kappa shape index (κ2) is 5.08. The Hall–Kier alpha value is -0.710. The van der Waals surface area contributed by atoms with E-state index in [-0.39, 0.29) is 6.04 Å². The highest BCUT2D eigenvalue weighted by molar-refractivity contribution is 9.10. The SMILES string of the molecule is CCC(C)Nc1cc(C(F)(F)F)ccc1Br. The van der Waals surface area contributed by atoms with Crippen LogP contribution in [0.4, 0.5) is 18.9 Å². The summed E-state index contributed by atoms with van der Waals surface area (Å²) in [5.74, 6) is 0. The van der Waals surface area contributed by atoms with Crippen LogP contribution in [0.25, 0.3) is 0 Å². The lowest BCUT2D eigenvalue weighted by molar-refractivity contribution is -0.137. The summed E-state index contributed by atoms with van der Waals surface area (Å²) < 4.78 is 38.1. The van der Waals surface area contributed by atoms with Gasteiger partial charge in [0.25, 0.3) is 0 Å². The molecule has 90 valence electrons. The maximum absolute atomic E-state index is 12.5. The van der Waals surface area contributed by atoms with Gasteiger partial charge in [-0.3, -0.25) is 0 Å². The number of nitrogens with one attached hydrogen (secondary N) is 1. The van der Waals surface area contributed by atoms with Gasteiger partial charge in [0, 0.05) is 16.2 Å². The Morgan fingerprint density at radius 3 is 2.50 bits per heavy atom. The zero-order valence-corrected chi connectivity index (χ0v) is 10.6. The molecule has 0 bridgehead atoms. The van der Waals surface area contributed by atoms with Gasteiger partial charge >= 0.3 is 6.18 Å². The standard InChI is InChI=1S/C11H13BrF3N/c1-3-7(2)16-10-6-8(11(13,14)15)4-5-9(10)12/h4-7,16H,3H2,1-2H3. The molecular formula is C11H13BrF3N. The van der Waals surface area contributed by atoms with Gasteiger partial charge in [-0.2, -0.15) is 13.2 Å². The molecule has 0 aliphatic rings. The van der Waals surface area contributed by atoms with Gasteiger partial charge in [-0.15, -0.1) is 0 Å². The fourth-order valence-electron chi connectivity index (χ4n) is 1.18. The molecule has 1 nitrogen and oxygen atoms in total. The minimum Gasteiger partial charge on any atom is -0.382 e. The highest BCUT2D eigenvalue weighted by Gasteiger charge is 2.30. The highest BCUT2D eigenvalue weighted by Crippen LogP contribution is 2.34. The smallest absolute Gasteiger partial charge is 0.382 e. The molecule has 1 aromatic rings. The van der Waals surface area contributed by atoms with Crippen molar-refractivity contribution in [1.29, 1.82) is 0 Å². The number of anilines is 1. The minimum absolute atomic E-state index is 0.139. The van der Waals surface area contributed by atoms with Crippen LogP contribution in [0, 0.1) is 0 Å². The number of rotatable bonds is 3. The molecule has 5 heteroatoms. The van der Waals surface area contributed by atoms with Gasteiger partial charge in [-0.1, -0.05) is 6.92 Å². The first-order chi connectivity index (χ1) is 7.34. The quantitative estimate of drug-likeness (QED) is 0.854. The van der Waals surface area contributed by atoms with Crippen molar-refractivity contribution < 1.29 is 13.2 Å². The number of hydrogen-bond donors (Lipinski definition) is 1. The largest absolute Gasteiger partial charge is 0.416 e. The van der Waals surface area contributed by atoms with Gasteiger partial charge in [-0.05, 0) is 47.5 Å². The molecule has 0 saturated heterocycles. The molecule has 0 radical (unpaired) electrons. The van der Waals surface area contributed by atoms with Crippen LogP contribution in [0.5, 0.6) is 0 Å². The lowest BCUT2D eigenvalue weighted by atomic mass is 10.1. The Labute approximate surface area is 101 Å². The zero-order chi connectivity index (χ0) is 12.3. The van der Waals surface area contributed by atoms with E-state index in [1.807, 2.05) is 13.8 Å². The van der Waals surface area contributed by atoms with Crippen LogP contribution < -0.4 is 5.32 Å². The molecule has 0 heterocycles. The van der Waals surface area contributed by atoms with Crippen molar-refractivity contribution in [3.05, 3.63) is 28.2 Å². The van der Waals surface area contributed by atoms with Crippen molar-refractivity contribution in [3.63, 3.8) is 0 Å². The first-order valence-electron chi connectivity index (χ1n) is 4.98. The zero-order valence-electron chi connectivity index (χ0n) is 9.03. The third-order valence-electron chi connectivity index (χ3n) is 2.31. The van der Waals surface area contributed by atoms with Crippen LogP contribution >= 0.6 is 15.9 Å². The third-order valence-corrected chi connectivity index (χ3v) is 3.00. The molecule has 0 aliphatic heterocycles. The Bertz CT molecular complexity index is 363. The second-order valence-electron chi connectivity index (χ2n) is 3.65. The topological polar surface area (TPSA) is 12.0 Å². The number of benzene rings is 1. The van der Waals surface area contributed by atoms with E-state index < -0.39 is 11.7 Å². The maximum atomic E-state index is 12.5. The normalized spacial score (nSPS) is 13.6. The summed E-state index contributed by atoms with van der Waals surface area (Å²) in [5, 5.41) is 3.03. The Morgan fingerprint density at radius 2 is 2.00 bits per heavy atom. The van der Waals surface area contributed by atoms with Crippen molar-refractivity contribution in [2.45, 2.75) is 32.5 Å². The van der Waals surface area contributed by atoms with Crippen molar-refractivity contribution >= 4 is 21.6 Å². The van der Waals surface area contributed by atoms with Gasteiger partial charge < -0.3 is 5.32 Å². The van der Waals surface area contributed by atoms with E-state index in [1.165, 1.54) is 6.07 Å². The van der Waals surface area contributed by atoms with Gasteiger partial charge in [0.2, 0.25) is 0 Å². The van der Waals surface area contributed by atoms with Crippen molar-refractivity contribution in [3.8, 4) is 0 Å². The first kappa shape index (κ1) is 13.4. The molecule has 0 saturated carbocycles. The summed E-state index contributed by atoms with van der Waals surface area (Å²) in [5.41, 5.74) is -0.161. The molecule has 1 N–H and O–H groups in total. The first-order valence-corrected chi connectivity index (χ1v) is 5.77. The average molecular weight is 296 g/mol. The molecule has 0 spiro atoms. The molecule has 1 rings (SSSR count). The number of halogens is 4. The molecular weight excluding hydrogens is 283 g/mol. The molecule has 1 atom stereocenters. The monoisotopic (exact) mass is 295 g/mol. The second-order valence-corrected chi connectivity index (χ2v) is 4.50. The summed E-state index contributed by atoms with van der Waals surface area (Å²) in [4.78, 5) is 0. The number of alkyl halides is 3. The van der Waals surface area contributed by atoms with E-state index >= 15 is 0 Å². The molecule has 16 heavy (non-hydrogen) atoms. The van der Waals surface area contributed by atoms with Gasteiger partial charge in [0.05, 0.1) is 5.56 Å². The predicted octanol–water partition coefficient (Wildman–Crippen LogP) is 4.68. The van der Waals surface area contributed by atoms with E-state index in [0.29, 0.717) is 10.2 Å². The molecule has 0 fully saturated rings. The van der Waals surface area contributed by atoms with E-state index in [4.69, 9.17) is 0 Å². The van der Waals surface area contributed by atoms with E-state index in [0.717, 1.165) is 18.6 Å². The van der Waals surface area contributed by atoms with E-state index in [1.54, 1.807) is 0 Å². The van der Waals surface area contributed by atoms with Crippen LogP contribution in [0.15, 0.2) is 22.7 Å². The van der Waals surface area contributed by atoms with Crippen molar-refractivity contribution in [2.75, 3.05) is 5.32 Å². The third kappa shape index (κ3) is 3.40. The Morgan fingerprint density at radius 1 is 1.38 bits per heavy atom. The fraction of sp³-hybridized carbons (Fsp3) is 0.455. The van der Waals surface area contributed by atoms with Gasteiger partial charge in [0.15, 0.2) is 0 Å².